The predicted octanol–water partition coefficient (Wildman–Crippen LogP) is 4.17. The maximum Gasteiger partial charge on any atom is 0.0949 e. The van der Waals surface area contributed by atoms with Gasteiger partial charge in [0, 0.05) is 30.7 Å². The van der Waals surface area contributed by atoms with E-state index in [9.17, 15) is 0 Å². The second-order valence-electron chi connectivity index (χ2n) is 6.58. The van der Waals surface area contributed by atoms with E-state index in [1.165, 1.54) is 30.5 Å². The summed E-state index contributed by atoms with van der Waals surface area (Å²) in [5, 5.41) is 3.75. The summed E-state index contributed by atoms with van der Waals surface area (Å²) in [5.74, 6) is 1.64. The van der Waals surface area contributed by atoms with Gasteiger partial charge in [0.15, 0.2) is 0 Å². The van der Waals surface area contributed by atoms with Gasteiger partial charge >= 0.3 is 0 Å². The highest BCUT2D eigenvalue weighted by Gasteiger charge is 2.24. The zero-order valence-electron chi connectivity index (χ0n) is 13.0. The summed E-state index contributed by atoms with van der Waals surface area (Å²) in [6, 6.07) is 9.39. The lowest BCUT2D eigenvalue weighted by Crippen LogP contribution is -2.33. The molecule has 21 heavy (non-hydrogen) atoms. The van der Waals surface area contributed by atoms with Crippen LogP contribution >= 0.6 is 0 Å². The molecule has 3 nitrogen and oxygen atoms in total. The zero-order valence-corrected chi connectivity index (χ0v) is 13.0. The molecular weight excluding hydrogens is 258 g/mol. The van der Waals surface area contributed by atoms with E-state index < -0.39 is 0 Å². The Bertz CT molecular complexity index is 562. The van der Waals surface area contributed by atoms with Crippen molar-refractivity contribution in [3.63, 3.8) is 0 Å². The van der Waals surface area contributed by atoms with Crippen LogP contribution in [0.2, 0.25) is 0 Å². The molecule has 2 aromatic rings. The second kappa shape index (κ2) is 6.33. The summed E-state index contributed by atoms with van der Waals surface area (Å²) in [5.41, 5.74) is 2.56. The summed E-state index contributed by atoms with van der Waals surface area (Å²) < 4.78 is 2.10. The van der Waals surface area contributed by atoms with Crippen molar-refractivity contribution >= 4 is 5.69 Å². The Morgan fingerprint density at radius 2 is 2.19 bits per heavy atom. The van der Waals surface area contributed by atoms with E-state index in [2.05, 4.69) is 53.0 Å². The molecule has 0 aliphatic heterocycles. The number of imidazole rings is 1. The summed E-state index contributed by atoms with van der Waals surface area (Å²) in [6.07, 6.45) is 9.67. The van der Waals surface area contributed by atoms with Gasteiger partial charge in [-0.2, -0.15) is 0 Å². The first-order valence-corrected chi connectivity index (χ1v) is 8.02. The number of rotatable bonds is 4. The third-order valence-electron chi connectivity index (χ3n) is 4.63. The minimum absolute atomic E-state index is 0.615. The van der Waals surface area contributed by atoms with Gasteiger partial charge in [-0.15, -0.1) is 0 Å². The molecular formula is C18H25N3. The molecule has 1 aromatic carbocycles. The summed E-state index contributed by atoms with van der Waals surface area (Å²) in [6.45, 7) is 5.63. The van der Waals surface area contributed by atoms with Gasteiger partial charge < -0.3 is 9.88 Å². The molecule has 1 heterocycles. The molecule has 3 atom stereocenters. The number of anilines is 1. The largest absolute Gasteiger partial charge is 0.382 e. The van der Waals surface area contributed by atoms with Gasteiger partial charge in [0.2, 0.25) is 0 Å². The molecule has 0 saturated heterocycles. The average Bonchev–Trinajstić information content (AvgIpc) is 2.95. The number of hydrogen-bond donors (Lipinski definition) is 1. The summed E-state index contributed by atoms with van der Waals surface area (Å²) in [7, 11) is 0. The number of benzene rings is 1. The second-order valence-corrected chi connectivity index (χ2v) is 6.58. The first-order valence-electron chi connectivity index (χ1n) is 8.02. The molecule has 1 aliphatic carbocycles. The molecule has 1 aromatic heterocycles. The molecule has 0 spiro atoms. The molecule has 1 fully saturated rings. The first kappa shape index (κ1) is 14.2. The molecule has 0 amide bonds. The van der Waals surface area contributed by atoms with Gasteiger partial charge in [-0.1, -0.05) is 26.0 Å². The summed E-state index contributed by atoms with van der Waals surface area (Å²) >= 11 is 0. The van der Waals surface area contributed by atoms with Gasteiger partial charge in [0.1, 0.15) is 0 Å². The van der Waals surface area contributed by atoms with Crippen molar-refractivity contribution in [2.24, 2.45) is 11.8 Å². The predicted molar refractivity (Wildman–Crippen MR) is 87.4 cm³/mol. The zero-order chi connectivity index (χ0) is 14.7. The smallest absolute Gasteiger partial charge is 0.0949 e. The minimum Gasteiger partial charge on any atom is -0.382 e. The highest BCUT2D eigenvalue weighted by Crippen LogP contribution is 2.30. The van der Waals surface area contributed by atoms with Crippen LogP contribution in [0.25, 0.3) is 0 Å². The first-order chi connectivity index (χ1) is 10.2. The van der Waals surface area contributed by atoms with E-state index in [1.54, 1.807) is 0 Å². The molecule has 112 valence electrons. The third-order valence-corrected chi connectivity index (χ3v) is 4.63. The maximum atomic E-state index is 4.10. The molecule has 3 heteroatoms. The highest BCUT2D eigenvalue weighted by atomic mass is 15.0. The van der Waals surface area contributed by atoms with Crippen molar-refractivity contribution in [1.82, 2.24) is 9.55 Å². The van der Waals surface area contributed by atoms with Crippen LogP contribution in [-0.2, 0) is 6.54 Å². The van der Waals surface area contributed by atoms with Crippen LogP contribution in [-0.4, -0.2) is 15.6 Å². The fourth-order valence-electron chi connectivity index (χ4n) is 3.44. The van der Waals surface area contributed by atoms with Gasteiger partial charge in [-0.3, -0.25) is 0 Å². The third kappa shape index (κ3) is 3.66. The van der Waals surface area contributed by atoms with Crippen LogP contribution in [0.15, 0.2) is 43.0 Å². The Kier molecular flexibility index (Phi) is 4.28. The van der Waals surface area contributed by atoms with Gasteiger partial charge in [0.05, 0.1) is 6.33 Å². The molecule has 1 saturated carbocycles. The Morgan fingerprint density at radius 3 is 2.95 bits per heavy atom. The monoisotopic (exact) mass is 283 g/mol. The molecule has 3 rings (SSSR count). The number of nitrogens with one attached hydrogen (secondary N) is 1. The van der Waals surface area contributed by atoms with E-state index in [-0.39, 0.29) is 0 Å². The van der Waals surface area contributed by atoms with E-state index in [1.807, 2.05) is 18.7 Å². The number of nitrogens with zero attached hydrogens (tertiary/aromatic N) is 2. The van der Waals surface area contributed by atoms with Crippen molar-refractivity contribution in [3.05, 3.63) is 48.5 Å². The van der Waals surface area contributed by atoms with Crippen molar-refractivity contribution in [3.8, 4) is 0 Å². The Hall–Kier alpha value is -1.77. The van der Waals surface area contributed by atoms with Crippen LogP contribution in [0.3, 0.4) is 0 Å². The average molecular weight is 283 g/mol. The van der Waals surface area contributed by atoms with Gasteiger partial charge in [0.25, 0.3) is 0 Å². The Morgan fingerprint density at radius 1 is 1.29 bits per heavy atom. The lowest BCUT2D eigenvalue weighted by Gasteiger charge is -2.34. The number of aromatic nitrogens is 2. The summed E-state index contributed by atoms with van der Waals surface area (Å²) in [4.78, 5) is 4.10. The lowest BCUT2D eigenvalue weighted by molar-refractivity contribution is 0.276. The SMILES string of the molecule is CC1CCC(Nc2cccc(Cn3ccnc3)c2)C(C)C1. The molecule has 1 aliphatic rings. The van der Waals surface area contributed by atoms with Gasteiger partial charge in [-0.25, -0.2) is 4.98 Å². The Labute approximate surface area is 127 Å². The molecule has 0 radical (unpaired) electrons. The van der Waals surface area contributed by atoms with Gasteiger partial charge in [-0.05, 0) is 48.8 Å². The van der Waals surface area contributed by atoms with Crippen molar-refractivity contribution in [1.29, 1.82) is 0 Å². The van der Waals surface area contributed by atoms with Crippen molar-refractivity contribution < 1.29 is 0 Å². The molecule has 0 bridgehead atoms. The van der Waals surface area contributed by atoms with E-state index in [0.29, 0.717) is 6.04 Å². The van der Waals surface area contributed by atoms with Crippen LogP contribution < -0.4 is 5.32 Å². The standard InChI is InChI=1S/C18H25N3/c1-14-6-7-18(15(2)10-14)20-17-5-3-4-16(11-17)12-21-9-8-19-13-21/h3-5,8-9,11,13-15,18,20H,6-7,10,12H2,1-2H3. The number of hydrogen-bond acceptors (Lipinski definition) is 2. The van der Waals surface area contributed by atoms with Crippen LogP contribution in [0.1, 0.15) is 38.7 Å². The highest BCUT2D eigenvalue weighted by molar-refractivity contribution is 5.46. The molecule has 1 N–H and O–H groups in total. The van der Waals surface area contributed by atoms with E-state index >= 15 is 0 Å². The molecule has 3 unspecified atom stereocenters. The normalized spacial score (nSPS) is 25.7. The quantitative estimate of drug-likeness (QED) is 0.912. The van der Waals surface area contributed by atoms with Crippen molar-refractivity contribution in [2.45, 2.75) is 45.7 Å². The lowest BCUT2D eigenvalue weighted by atomic mass is 9.80. The van der Waals surface area contributed by atoms with Crippen molar-refractivity contribution in [2.75, 3.05) is 5.32 Å². The van der Waals surface area contributed by atoms with Crippen LogP contribution in [0.5, 0.6) is 0 Å². The fourth-order valence-corrected chi connectivity index (χ4v) is 3.44. The van der Waals surface area contributed by atoms with Crippen LogP contribution in [0, 0.1) is 11.8 Å². The Balaban J connectivity index is 1.65. The topological polar surface area (TPSA) is 29.9 Å². The van der Waals surface area contributed by atoms with Crippen LogP contribution in [0.4, 0.5) is 5.69 Å². The minimum atomic E-state index is 0.615. The maximum absolute atomic E-state index is 4.10. The fraction of sp³-hybridized carbons (Fsp3) is 0.500. The van der Waals surface area contributed by atoms with E-state index in [0.717, 1.165) is 18.4 Å². The van der Waals surface area contributed by atoms with E-state index in [4.69, 9.17) is 0 Å².